The maximum absolute atomic E-state index is 5.78. The predicted molar refractivity (Wildman–Crippen MR) is 95.4 cm³/mol. The van der Waals surface area contributed by atoms with Crippen molar-refractivity contribution >= 4 is 7.85 Å². The second-order valence-electron chi connectivity index (χ2n) is 5.93. The summed E-state index contributed by atoms with van der Waals surface area (Å²) < 4.78 is 0. The summed E-state index contributed by atoms with van der Waals surface area (Å²) in [7, 11) is 2.07. The van der Waals surface area contributed by atoms with Crippen molar-refractivity contribution < 1.29 is 0 Å². The van der Waals surface area contributed by atoms with Gasteiger partial charge in [0.05, 0.1) is 0 Å². The Morgan fingerprint density at radius 3 is 1.55 bits per heavy atom. The van der Waals surface area contributed by atoms with Gasteiger partial charge in [0.25, 0.3) is 0 Å². The van der Waals surface area contributed by atoms with E-state index in [2.05, 4.69) is 62.9 Å². The Bertz CT molecular complexity index is 502. The van der Waals surface area contributed by atoms with Crippen LogP contribution < -0.4 is 5.73 Å². The van der Waals surface area contributed by atoms with E-state index < -0.39 is 0 Å². The summed E-state index contributed by atoms with van der Waals surface area (Å²) in [5.41, 5.74) is 15.8. The molecule has 0 aliphatic heterocycles. The van der Waals surface area contributed by atoms with Gasteiger partial charge < -0.3 is 5.73 Å². The summed E-state index contributed by atoms with van der Waals surface area (Å²) in [6.07, 6.45) is 2.65. The number of nitrogens with two attached hydrogens (primary N) is 1. The van der Waals surface area contributed by atoms with Crippen LogP contribution in [0.15, 0.2) is 57.3 Å². The smallest absolute Gasteiger partial charge is 0.142 e. The third-order valence-corrected chi connectivity index (χ3v) is 3.42. The molecule has 1 nitrogen and oxygen atoms in total. The molecule has 0 rings (SSSR count). The lowest BCUT2D eigenvalue weighted by Crippen LogP contribution is -2.07. The van der Waals surface area contributed by atoms with Crippen LogP contribution >= 0.6 is 0 Å². The highest BCUT2D eigenvalue weighted by Crippen LogP contribution is 2.35. The molecule has 0 unspecified atom stereocenters. The summed E-state index contributed by atoms with van der Waals surface area (Å²) >= 11 is 0. The van der Waals surface area contributed by atoms with Crippen LogP contribution in [-0.2, 0) is 0 Å². The average Bonchev–Trinajstić information content (AvgIpc) is 2.35. The van der Waals surface area contributed by atoms with Crippen molar-refractivity contribution in [3.05, 3.63) is 57.3 Å². The van der Waals surface area contributed by atoms with Crippen LogP contribution in [0.4, 0.5) is 0 Å². The molecule has 2 heteroatoms. The van der Waals surface area contributed by atoms with Crippen molar-refractivity contribution in [3.8, 4) is 0 Å². The van der Waals surface area contributed by atoms with Gasteiger partial charge in [-0.3, -0.25) is 0 Å². The Kier molecular flexibility index (Phi) is 7.41. The minimum absolute atomic E-state index is 0.957. The first kappa shape index (κ1) is 18.6. The first-order valence-electron chi connectivity index (χ1n) is 7.29. The maximum atomic E-state index is 5.78. The van der Waals surface area contributed by atoms with Crippen LogP contribution in [0.5, 0.6) is 0 Å². The Morgan fingerprint density at radius 2 is 1.30 bits per heavy atom. The molecule has 20 heavy (non-hydrogen) atoms. The van der Waals surface area contributed by atoms with Gasteiger partial charge in [-0.25, -0.2) is 0 Å². The van der Waals surface area contributed by atoms with Gasteiger partial charge in [-0.1, -0.05) is 35.7 Å². The molecule has 0 heterocycles. The van der Waals surface area contributed by atoms with E-state index in [9.17, 15) is 0 Å². The van der Waals surface area contributed by atoms with E-state index >= 15 is 0 Å². The van der Waals surface area contributed by atoms with Gasteiger partial charge >= 0.3 is 0 Å². The van der Waals surface area contributed by atoms with Gasteiger partial charge in [-0.2, -0.15) is 0 Å². The van der Waals surface area contributed by atoms with E-state index in [-0.39, 0.29) is 0 Å². The lowest BCUT2D eigenvalue weighted by atomic mass is 9.76. The molecule has 110 valence electrons. The summed E-state index contributed by atoms with van der Waals surface area (Å²) in [5.74, 6) is 0. The molecule has 0 bridgehead atoms. The van der Waals surface area contributed by atoms with E-state index in [1.54, 1.807) is 6.20 Å². The second-order valence-corrected chi connectivity index (χ2v) is 5.93. The molecule has 0 aliphatic rings. The van der Waals surface area contributed by atoms with Crippen LogP contribution in [0.2, 0.25) is 0 Å². The average molecular weight is 271 g/mol. The highest BCUT2D eigenvalue weighted by Gasteiger charge is 2.17. The Labute approximate surface area is 126 Å². The van der Waals surface area contributed by atoms with Gasteiger partial charge in [0.2, 0.25) is 0 Å². The van der Waals surface area contributed by atoms with Crippen molar-refractivity contribution in [2.24, 2.45) is 5.73 Å². The van der Waals surface area contributed by atoms with Crippen LogP contribution in [0, 0.1) is 0 Å². The zero-order valence-corrected chi connectivity index (χ0v) is 14.6. The quantitative estimate of drug-likeness (QED) is 0.582. The summed E-state index contributed by atoms with van der Waals surface area (Å²) in [6.45, 7) is 19.3. The fraction of sp³-hybridized carbons (Fsp3) is 0.444. The molecule has 0 fully saturated rings. The topological polar surface area (TPSA) is 26.0 Å². The van der Waals surface area contributed by atoms with Crippen molar-refractivity contribution in [2.75, 3.05) is 0 Å². The van der Waals surface area contributed by atoms with Gasteiger partial charge in [0.15, 0.2) is 0 Å². The van der Waals surface area contributed by atoms with E-state index in [0.717, 1.165) is 11.9 Å². The minimum Gasteiger partial charge on any atom is -0.405 e. The molecule has 0 aliphatic carbocycles. The fourth-order valence-corrected chi connectivity index (χ4v) is 2.51. The monoisotopic (exact) mass is 271 g/mol. The van der Waals surface area contributed by atoms with E-state index in [1.807, 2.05) is 0 Å². The first-order chi connectivity index (χ1) is 9.18. The molecule has 0 amide bonds. The molecule has 0 aromatic carbocycles. The standard InChI is InChI=1S/C18H30BN/c1-9-14(8)16(11(2)3)18(13(6)7)17(12(4)5)15(19)10-20/h10H,8-9,19-20H2,1-7H3/b15-10-. The summed E-state index contributed by atoms with van der Waals surface area (Å²) in [5, 5.41) is 0. The number of allylic oxidation sites excluding steroid dienone is 8. The van der Waals surface area contributed by atoms with Gasteiger partial charge in [-0.05, 0) is 76.5 Å². The van der Waals surface area contributed by atoms with Crippen LogP contribution in [0.3, 0.4) is 0 Å². The molecule has 0 spiro atoms. The Morgan fingerprint density at radius 1 is 0.900 bits per heavy atom. The van der Waals surface area contributed by atoms with Crippen LogP contribution in [0.1, 0.15) is 54.9 Å². The summed E-state index contributed by atoms with van der Waals surface area (Å²) in [4.78, 5) is 0. The lowest BCUT2D eigenvalue weighted by molar-refractivity contribution is 1.08. The van der Waals surface area contributed by atoms with Gasteiger partial charge in [-0.15, -0.1) is 0 Å². The zero-order chi connectivity index (χ0) is 16.0. The first-order valence-corrected chi connectivity index (χ1v) is 7.29. The summed E-state index contributed by atoms with van der Waals surface area (Å²) in [6, 6.07) is 0. The molecule has 0 atom stereocenters. The van der Waals surface area contributed by atoms with Gasteiger partial charge in [0.1, 0.15) is 7.85 Å². The predicted octanol–water partition coefficient (Wildman–Crippen LogP) is 4.40. The number of hydrogen-bond acceptors (Lipinski definition) is 1. The molecule has 0 aromatic rings. The van der Waals surface area contributed by atoms with E-state index in [4.69, 9.17) is 5.73 Å². The normalized spacial score (nSPS) is 10.8. The molecular weight excluding hydrogens is 241 g/mol. The maximum Gasteiger partial charge on any atom is 0.142 e. The van der Waals surface area contributed by atoms with E-state index in [0.29, 0.717) is 0 Å². The third kappa shape index (κ3) is 4.30. The molecule has 0 saturated heterocycles. The van der Waals surface area contributed by atoms with Crippen molar-refractivity contribution in [2.45, 2.75) is 54.9 Å². The Hall–Kier alpha value is -1.44. The molecule has 0 saturated carbocycles. The fourth-order valence-electron chi connectivity index (χ4n) is 2.51. The third-order valence-electron chi connectivity index (χ3n) is 3.42. The highest BCUT2D eigenvalue weighted by molar-refractivity contribution is 6.25. The second kappa shape index (κ2) is 7.99. The van der Waals surface area contributed by atoms with Crippen LogP contribution in [0.25, 0.3) is 0 Å². The van der Waals surface area contributed by atoms with Crippen molar-refractivity contribution in [1.29, 1.82) is 0 Å². The number of hydrogen-bond donors (Lipinski definition) is 1. The minimum atomic E-state index is 0.957. The number of rotatable bonds is 5. The lowest BCUT2D eigenvalue weighted by Gasteiger charge is -2.23. The van der Waals surface area contributed by atoms with Crippen LogP contribution in [-0.4, -0.2) is 7.85 Å². The molecule has 0 radical (unpaired) electrons. The Balaban J connectivity index is 6.48. The molecular formula is C18H30BN. The van der Waals surface area contributed by atoms with Gasteiger partial charge in [0, 0.05) is 0 Å². The SMILES string of the molecule is B/C(=C\N)C(=C(C)C)C(=C(C)C)C(C(=C)CC)=C(C)C. The van der Waals surface area contributed by atoms with E-state index in [1.165, 1.54) is 39.0 Å². The largest absolute Gasteiger partial charge is 0.405 e. The molecule has 0 aromatic heterocycles. The highest BCUT2D eigenvalue weighted by atomic mass is 14.5. The van der Waals surface area contributed by atoms with Crippen molar-refractivity contribution in [1.82, 2.24) is 0 Å². The zero-order valence-electron chi connectivity index (χ0n) is 14.6. The van der Waals surface area contributed by atoms with Crippen molar-refractivity contribution in [3.63, 3.8) is 0 Å². The molecule has 2 N–H and O–H groups in total.